The number of fused-ring (bicyclic) bond motifs is 1. The van der Waals surface area contributed by atoms with Gasteiger partial charge in [0, 0.05) is 19.5 Å². The van der Waals surface area contributed by atoms with E-state index in [2.05, 4.69) is 39.1 Å². The van der Waals surface area contributed by atoms with Crippen LogP contribution in [0.3, 0.4) is 0 Å². The highest BCUT2D eigenvalue weighted by Crippen LogP contribution is 2.27. The van der Waals surface area contributed by atoms with Crippen molar-refractivity contribution in [2.45, 2.75) is 32.2 Å². The van der Waals surface area contributed by atoms with Gasteiger partial charge < -0.3 is 10.3 Å². The summed E-state index contributed by atoms with van der Waals surface area (Å²) in [4.78, 5) is 5.75. The fraction of sp³-hybridized carbons (Fsp3) is 0.400. The largest absolute Gasteiger partial charge is 0.331 e. The zero-order chi connectivity index (χ0) is 15.0. The lowest BCUT2D eigenvalue weighted by atomic mass is 10.0. The summed E-state index contributed by atoms with van der Waals surface area (Å²) in [5.74, 6) is 1.33. The van der Waals surface area contributed by atoms with Crippen LogP contribution in [0, 0.1) is 0 Å². The molecule has 6 heteroatoms. The minimum absolute atomic E-state index is 0.113. The van der Waals surface area contributed by atoms with Gasteiger partial charge in [0.15, 0.2) is 0 Å². The second kappa shape index (κ2) is 5.54. The molecule has 0 aliphatic carbocycles. The lowest BCUT2D eigenvalue weighted by molar-refractivity contribution is 0.657. The third-order valence-corrected chi connectivity index (χ3v) is 4.58. The standard InChI is InChI=1S/C15H19N5S/c1-9(2)14-15(21-19-18-14)10(16)8-13-17-11-6-4-5-7-12(11)20(13)3/h4-7,9-10H,8,16H2,1-3H3. The molecule has 1 unspecified atom stereocenters. The van der Waals surface area contributed by atoms with Gasteiger partial charge in [-0.3, -0.25) is 0 Å². The van der Waals surface area contributed by atoms with Crippen molar-refractivity contribution in [3.05, 3.63) is 40.7 Å². The Morgan fingerprint density at radius 3 is 2.76 bits per heavy atom. The van der Waals surface area contributed by atoms with Crippen molar-refractivity contribution in [2.24, 2.45) is 12.8 Å². The monoisotopic (exact) mass is 301 g/mol. The van der Waals surface area contributed by atoms with Crippen molar-refractivity contribution in [3.8, 4) is 0 Å². The topological polar surface area (TPSA) is 69.6 Å². The maximum Gasteiger partial charge on any atom is 0.111 e. The number of hydrogen-bond acceptors (Lipinski definition) is 5. The van der Waals surface area contributed by atoms with Crippen molar-refractivity contribution < 1.29 is 0 Å². The van der Waals surface area contributed by atoms with E-state index >= 15 is 0 Å². The SMILES string of the molecule is CC(C)c1nnsc1C(N)Cc1nc2ccccc2n1C. The van der Waals surface area contributed by atoms with Gasteiger partial charge in [0.2, 0.25) is 0 Å². The number of nitrogens with zero attached hydrogens (tertiary/aromatic N) is 4. The van der Waals surface area contributed by atoms with Crippen LogP contribution in [0.2, 0.25) is 0 Å². The summed E-state index contributed by atoms with van der Waals surface area (Å²) in [7, 11) is 2.03. The number of nitrogens with two attached hydrogens (primary N) is 1. The molecule has 0 saturated carbocycles. The van der Waals surface area contributed by atoms with Crippen LogP contribution in [-0.2, 0) is 13.5 Å². The Hall–Kier alpha value is -1.79. The van der Waals surface area contributed by atoms with Crippen LogP contribution >= 0.6 is 11.5 Å². The smallest absolute Gasteiger partial charge is 0.111 e. The van der Waals surface area contributed by atoms with E-state index in [0.717, 1.165) is 27.4 Å². The second-order valence-corrected chi connectivity index (χ2v) is 6.35. The highest BCUT2D eigenvalue weighted by molar-refractivity contribution is 7.05. The Balaban J connectivity index is 1.91. The van der Waals surface area contributed by atoms with E-state index in [0.29, 0.717) is 12.3 Å². The first-order valence-corrected chi connectivity index (χ1v) is 7.83. The Morgan fingerprint density at radius 2 is 2.05 bits per heavy atom. The molecule has 2 heterocycles. The lowest BCUT2D eigenvalue weighted by Crippen LogP contribution is -2.16. The van der Waals surface area contributed by atoms with Crippen LogP contribution in [-0.4, -0.2) is 19.1 Å². The number of para-hydroxylation sites is 2. The summed E-state index contributed by atoms with van der Waals surface area (Å²) in [5.41, 5.74) is 9.52. The Labute approximate surface area is 128 Å². The van der Waals surface area contributed by atoms with Crippen molar-refractivity contribution in [1.29, 1.82) is 0 Å². The average Bonchev–Trinajstić information content (AvgIpc) is 3.05. The maximum atomic E-state index is 6.38. The number of imidazole rings is 1. The van der Waals surface area contributed by atoms with Crippen LogP contribution in [0.4, 0.5) is 0 Å². The number of aryl methyl sites for hydroxylation is 1. The minimum atomic E-state index is -0.113. The molecule has 0 bridgehead atoms. The summed E-state index contributed by atoms with van der Waals surface area (Å²) >= 11 is 1.39. The molecule has 21 heavy (non-hydrogen) atoms. The average molecular weight is 301 g/mol. The van der Waals surface area contributed by atoms with E-state index < -0.39 is 0 Å². The maximum absolute atomic E-state index is 6.38. The van der Waals surface area contributed by atoms with Crippen LogP contribution in [0.1, 0.15) is 42.2 Å². The first-order valence-electron chi connectivity index (χ1n) is 7.06. The predicted octanol–water partition coefficient (Wildman–Crippen LogP) is 2.79. The summed E-state index contributed by atoms with van der Waals surface area (Å²) < 4.78 is 6.17. The third kappa shape index (κ3) is 2.56. The van der Waals surface area contributed by atoms with Crippen LogP contribution in [0.5, 0.6) is 0 Å². The first-order chi connectivity index (χ1) is 10.1. The molecule has 0 aliphatic rings. The van der Waals surface area contributed by atoms with E-state index in [1.54, 1.807) is 0 Å². The Morgan fingerprint density at radius 1 is 1.29 bits per heavy atom. The number of hydrogen-bond donors (Lipinski definition) is 1. The zero-order valence-electron chi connectivity index (χ0n) is 12.4. The molecule has 0 spiro atoms. The number of rotatable bonds is 4. The molecule has 0 amide bonds. The highest BCUT2D eigenvalue weighted by atomic mass is 32.1. The van der Waals surface area contributed by atoms with Crippen molar-refractivity contribution >= 4 is 22.6 Å². The summed E-state index contributed by atoms with van der Waals surface area (Å²) in [6, 6.07) is 8.02. The van der Waals surface area contributed by atoms with Gasteiger partial charge in [0.1, 0.15) is 5.82 Å². The lowest BCUT2D eigenvalue weighted by Gasteiger charge is -2.12. The van der Waals surface area contributed by atoms with Gasteiger partial charge in [-0.05, 0) is 29.6 Å². The van der Waals surface area contributed by atoms with Gasteiger partial charge in [-0.1, -0.05) is 30.5 Å². The van der Waals surface area contributed by atoms with Crippen molar-refractivity contribution in [1.82, 2.24) is 19.1 Å². The second-order valence-electron chi connectivity index (χ2n) is 5.56. The van der Waals surface area contributed by atoms with E-state index in [9.17, 15) is 0 Å². The van der Waals surface area contributed by atoms with Crippen LogP contribution < -0.4 is 5.73 Å². The normalized spacial score (nSPS) is 13.2. The quantitative estimate of drug-likeness (QED) is 0.804. The van der Waals surface area contributed by atoms with Crippen LogP contribution in [0.25, 0.3) is 11.0 Å². The van der Waals surface area contributed by atoms with Gasteiger partial charge in [-0.2, -0.15) is 0 Å². The Kier molecular flexibility index (Phi) is 3.73. The highest BCUT2D eigenvalue weighted by Gasteiger charge is 2.20. The molecule has 1 aromatic carbocycles. The predicted molar refractivity (Wildman–Crippen MR) is 85.3 cm³/mol. The molecule has 1 atom stereocenters. The van der Waals surface area contributed by atoms with E-state index in [4.69, 9.17) is 5.73 Å². The van der Waals surface area contributed by atoms with Gasteiger partial charge in [-0.25, -0.2) is 4.98 Å². The van der Waals surface area contributed by atoms with Gasteiger partial charge >= 0.3 is 0 Å². The van der Waals surface area contributed by atoms with Crippen molar-refractivity contribution in [2.75, 3.05) is 0 Å². The molecule has 2 N–H and O–H groups in total. The fourth-order valence-corrected chi connectivity index (χ4v) is 3.33. The molecule has 3 aromatic rings. The van der Waals surface area contributed by atoms with E-state index in [1.807, 2.05) is 25.2 Å². The van der Waals surface area contributed by atoms with Gasteiger partial charge in [-0.15, -0.1) is 5.10 Å². The zero-order valence-corrected chi connectivity index (χ0v) is 13.3. The van der Waals surface area contributed by atoms with Gasteiger partial charge in [0.05, 0.1) is 21.6 Å². The number of aromatic nitrogens is 4. The molecule has 0 radical (unpaired) electrons. The number of benzene rings is 1. The minimum Gasteiger partial charge on any atom is -0.331 e. The third-order valence-electron chi connectivity index (χ3n) is 3.71. The van der Waals surface area contributed by atoms with Crippen LogP contribution in [0.15, 0.2) is 24.3 Å². The van der Waals surface area contributed by atoms with E-state index in [-0.39, 0.29) is 6.04 Å². The summed E-state index contributed by atoms with van der Waals surface area (Å²) in [5, 5.41) is 4.20. The molecule has 110 valence electrons. The first kappa shape index (κ1) is 14.2. The fourth-order valence-electron chi connectivity index (χ4n) is 2.53. The molecule has 3 rings (SSSR count). The van der Waals surface area contributed by atoms with Gasteiger partial charge in [0.25, 0.3) is 0 Å². The molecule has 2 aromatic heterocycles. The Bertz CT molecular complexity index is 758. The van der Waals surface area contributed by atoms with E-state index in [1.165, 1.54) is 11.5 Å². The molecular weight excluding hydrogens is 282 g/mol. The summed E-state index contributed by atoms with van der Waals surface area (Å²) in [6.45, 7) is 4.23. The molecule has 0 saturated heterocycles. The molecule has 0 fully saturated rings. The molecule has 5 nitrogen and oxygen atoms in total. The summed E-state index contributed by atoms with van der Waals surface area (Å²) in [6.07, 6.45) is 0.689. The molecule has 0 aliphatic heterocycles. The van der Waals surface area contributed by atoms with Crippen molar-refractivity contribution in [3.63, 3.8) is 0 Å². The molecular formula is C15H19N5S.